The smallest absolute Gasteiger partial charge is 0.344 e. The van der Waals surface area contributed by atoms with Crippen molar-refractivity contribution in [3.8, 4) is 23.0 Å². The van der Waals surface area contributed by atoms with Gasteiger partial charge in [-0.2, -0.15) is 0 Å². The van der Waals surface area contributed by atoms with Crippen molar-refractivity contribution < 1.29 is 33.0 Å². The zero-order valence-corrected chi connectivity index (χ0v) is 23.3. The average molecular weight is 581 g/mol. The zero-order valence-electron chi connectivity index (χ0n) is 21.7. The van der Waals surface area contributed by atoms with E-state index in [9.17, 15) is 14.4 Å². The lowest BCUT2D eigenvalue weighted by Gasteiger charge is -2.26. The molecule has 8 nitrogen and oxygen atoms in total. The van der Waals surface area contributed by atoms with Gasteiger partial charge in [-0.25, -0.2) is 4.79 Å². The molecule has 0 bridgehead atoms. The first-order valence-corrected chi connectivity index (χ1v) is 12.8. The van der Waals surface area contributed by atoms with Crippen LogP contribution in [0.4, 0.5) is 0 Å². The standard InChI is InChI=1S/C29H25BrO8/c1-12(2)36-17-8-7-16(30)22-24(17)28(32)25-20(37-13(3)4)11-15-21(26(25)27(22)31)23-18(35-6)9-14(34-5)10-19(23)38-29(15)33/h7-13H,1-6H3. The van der Waals surface area contributed by atoms with Crippen LogP contribution in [0.2, 0.25) is 0 Å². The van der Waals surface area contributed by atoms with Crippen molar-refractivity contribution in [3.63, 3.8) is 0 Å². The third-order valence-corrected chi connectivity index (χ3v) is 6.87. The Bertz CT molecular complexity index is 1710. The second-order valence-electron chi connectivity index (χ2n) is 9.43. The highest BCUT2D eigenvalue weighted by atomic mass is 79.9. The number of ether oxygens (including phenoxy) is 4. The van der Waals surface area contributed by atoms with Gasteiger partial charge in [-0.1, -0.05) is 15.9 Å². The van der Waals surface area contributed by atoms with E-state index in [1.807, 2.05) is 13.8 Å². The predicted octanol–water partition coefficient (Wildman–Crippen LogP) is 6.08. The molecule has 0 fully saturated rings. The van der Waals surface area contributed by atoms with E-state index in [4.69, 9.17) is 23.4 Å². The van der Waals surface area contributed by atoms with Gasteiger partial charge in [0.1, 0.15) is 28.6 Å². The fourth-order valence-corrected chi connectivity index (χ4v) is 5.32. The van der Waals surface area contributed by atoms with Crippen LogP contribution in [0.3, 0.4) is 0 Å². The summed E-state index contributed by atoms with van der Waals surface area (Å²) in [4.78, 5) is 41.9. The molecule has 1 aliphatic rings. The molecular weight excluding hydrogens is 556 g/mol. The maximum Gasteiger partial charge on any atom is 0.344 e. The highest BCUT2D eigenvalue weighted by Crippen LogP contribution is 2.46. The van der Waals surface area contributed by atoms with E-state index in [2.05, 4.69) is 15.9 Å². The highest BCUT2D eigenvalue weighted by Gasteiger charge is 2.39. The molecule has 196 valence electrons. The van der Waals surface area contributed by atoms with Crippen molar-refractivity contribution in [2.45, 2.75) is 39.9 Å². The molecule has 9 heteroatoms. The summed E-state index contributed by atoms with van der Waals surface area (Å²) in [6.07, 6.45) is -0.582. The molecule has 38 heavy (non-hydrogen) atoms. The number of ketones is 2. The van der Waals surface area contributed by atoms with Crippen LogP contribution in [-0.2, 0) is 0 Å². The number of methoxy groups -OCH3 is 2. The second kappa shape index (κ2) is 9.47. The van der Waals surface area contributed by atoms with Gasteiger partial charge in [0, 0.05) is 27.6 Å². The lowest BCUT2D eigenvalue weighted by molar-refractivity contribution is 0.0969. The first-order valence-electron chi connectivity index (χ1n) is 12.0. The molecule has 0 spiro atoms. The molecular formula is C29H25BrO8. The Kier molecular flexibility index (Phi) is 6.43. The Morgan fingerprint density at radius 2 is 1.34 bits per heavy atom. The molecule has 0 atom stereocenters. The van der Waals surface area contributed by atoms with Gasteiger partial charge in [0.2, 0.25) is 5.78 Å². The van der Waals surface area contributed by atoms with E-state index in [1.165, 1.54) is 26.4 Å². The Hall–Kier alpha value is -3.85. The lowest BCUT2D eigenvalue weighted by Crippen LogP contribution is -2.26. The summed E-state index contributed by atoms with van der Waals surface area (Å²) in [6.45, 7) is 7.26. The summed E-state index contributed by atoms with van der Waals surface area (Å²) < 4.78 is 29.0. The molecule has 0 saturated carbocycles. The van der Waals surface area contributed by atoms with E-state index in [1.54, 1.807) is 32.0 Å². The van der Waals surface area contributed by atoms with Crippen LogP contribution >= 0.6 is 15.9 Å². The lowest BCUT2D eigenvalue weighted by atomic mass is 9.80. The maximum absolute atomic E-state index is 14.4. The average Bonchev–Trinajstić information content (AvgIpc) is 2.86. The fourth-order valence-electron chi connectivity index (χ4n) is 4.81. The summed E-state index contributed by atoms with van der Waals surface area (Å²) in [5.41, 5.74) is -0.154. The normalized spacial score (nSPS) is 12.8. The van der Waals surface area contributed by atoms with E-state index in [0.717, 1.165) is 0 Å². The largest absolute Gasteiger partial charge is 0.496 e. The summed E-state index contributed by atoms with van der Waals surface area (Å²) in [6, 6.07) is 7.95. The van der Waals surface area contributed by atoms with Crippen LogP contribution in [0.15, 0.2) is 44.0 Å². The summed E-state index contributed by atoms with van der Waals surface area (Å²) in [5.74, 6) is 0.211. The number of hydrogen-bond acceptors (Lipinski definition) is 8. The summed E-state index contributed by atoms with van der Waals surface area (Å²) in [5, 5.41) is 0.698. The molecule has 1 heterocycles. The van der Waals surface area contributed by atoms with Gasteiger partial charge >= 0.3 is 5.63 Å². The molecule has 0 amide bonds. The first kappa shape index (κ1) is 25.8. The van der Waals surface area contributed by atoms with Crippen molar-refractivity contribution in [3.05, 3.63) is 67.5 Å². The van der Waals surface area contributed by atoms with E-state index >= 15 is 0 Å². The van der Waals surface area contributed by atoms with Gasteiger partial charge in [0.15, 0.2) is 5.78 Å². The number of benzene rings is 3. The van der Waals surface area contributed by atoms with Crippen LogP contribution in [-0.4, -0.2) is 38.0 Å². The minimum atomic E-state index is -0.693. The number of carbonyl (C=O) groups is 2. The molecule has 5 rings (SSSR count). The number of hydrogen-bond donors (Lipinski definition) is 0. The molecule has 0 N–H and O–H groups in total. The van der Waals surface area contributed by atoms with E-state index in [0.29, 0.717) is 21.4 Å². The number of halogens is 1. The van der Waals surface area contributed by atoms with Gasteiger partial charge in [0.05, 0.1) is 53.9 Å². The Balaban J connectivity index is 2.00. The van der Waals surface area contributed by atoms with E-state index < -0.39 is 17.2 Å². The maximum atomic E-state index is 14.4. The fraction of sp³-hybridized carbons (Fsp3) is 0.276. The van der Waals surface area contributed by atoms with Gasteiger partial charge in [-0.15, -0.1) is 0 Å². The molecule has 0 saturated heterocycles. The monoisotopic (exact) mass is 580 g/mol. The molecule has 1 aliphatic carbocycles. The van der Waals surface area contributed by atoms with Crippen molar-refractivity contribution in [2.75, 3.05) is 14.2 Å². The van der Waals surface area contributed by atoms with Crippen LogP contribution in [0.5, 0.6) is 23.0 Å². The van der Waals surface area contributed by atoms with Crippen molar-refractivity contribution >= 4 is 49.2 Å². The molecule has 0 radical (unpaired) electrons. The molecule has 4 aromatic rings. The molecule has 0 unspecified atom stereocenters. The topological polar surface area (TPSA) is 101 Å². The van der Waals surface area contributed by atoms with Gasteiger partial charge in [0.25, 0.3) is 0 Å². The quantitative estimate of drug-likeness (QED) is 0.176. The number of carbonyl (C=O) groups excluding carboxylic acids is 2. The molecule has 3 aromatic carbocycles. The third kappa shape index (κ3) is 3.93. The van der Waals surface area contributed by atoms with Crippen molar-refractivity contribution in [1.82, 2.24) is 0 Å². The van der Waals surface area contributed by atoms with Crippen LogP contribution in [0, 0.1) is 0 Å². The van der Waals surface area contributed by atoms with Gasteiger partial charge in [-0.05, 0) is 45.9 Å². The van der Waals surface area contributed by atoms with Gasteiger partial charge in [-0.3, -0.25) is 9.59 Å². The second-order valence-corrected chi connectivity index (χ2v) is 10.3. The Morgan fingerprint density at radius 3 is 1.97 bits per heavy atom. The molecule has 1 aromatic heterocycles. The third-order valence-electron chi connectivity index (χ3n) is 6.21. The van der Waals surface area contributed by atoms with E-state index in [-0.39, 0.29) is 62.3 Å². The Labute approximate surface area is 226 Å². The summed E-state index contributed by atoms with van der Waals surface area (Å²) >= 11 is 3.45. The van der Waals surface area contributed by atoms with Crippen molar-refractivity contribution in [2.24, 2.45) is 0 Å². The Morgan fingerprint density at radius 1 is 0.711 bits per heavy atom. The number of fused-ring (bicyclic) bond motifs is 6. The summed E-state index contributed by atoms with van der Waals surface area (Å²) in [7, 11) is 2.94. The minimum absolute atomic E-state index is 0.0411. The predicted molar refractivity (Wildman–Crippen MR) is 146 cm³/mol. The molecule has 0 aliphatic heterocycles. The van der Waals surface area contributed by atoms with Crippen LogP contribution in [0.1, 0.15) is 59.5 Å². The zero-order chi connectivity index (χ0) is 27.5. The first-order chi connectivity index (χ1) is 18.1. The van der Waals surface area contributed by atoms with Gasteiger partial charge < -0.3 is 23.4 Å². The highest BCUT2D eigenvalue weighted by molar-refractivity contribution is 9.10. The number of rotatable bonds is 6. The minimum Gasteiger partial charge on any atom is -0.496 e. The van der Waals surface area contributed by atoms with Crippen LogP contribution in [0.25, 0.3) is 21.7 Å². The van der Waals surface area contributed by atoms with Crippen LogP contribution < -0.4 is 24.6 Å². The SMILES string of the molecule is COc1cc(OC)c2c(c1)oc(=O)c1cc(OC(C)C)c3c(c12)C(=O)c1c(Br)ccc(OC(C)C)c1C3=O. The van der Waals surface area contributed by atoms with Crippen molar-refractivity contribution in [1.29, 1.82) is 0 Å².